The highest BCUT2D eigenvalue weighted by Gasteiger charge is 2.17. The van der Waals surface area contributed by atoms with Crippen LogP contribution in [0.3, 0.4) is 0 Å². The fourth-order valence-electron chi connectivity index (χ4n) is 3.17. The zero-order valence-corrected chi connectivity index (χ0v) is 19.8. The van der Waals surface area contributed by atoms with Gasteiger partial charge < -0.3 is 5.11 Å². The fourth-order valence-corrected chi connectivity index (χ4v) is 4.04. The van der Waals surface area contributed by atoms with Crippen molar-refractivity contribution in [2.24, 2.45) is 5.10 Å². The first-order chi connectivity index (χ1) is 16.5. The molecule has 8 nitrogen and oxygen atoms in total. The molecular weight excluding hydrogens is 472 g/mol. The Morgan fingerprint density at radius 2 is 1.76 bits per heavy atom. The molecule has 34 heavy (non-hydrogen) atoms. The molecule has 0 radical (unpaired) electrons. The van der Waals surface area contributed by atoms with Crippen molar-refractivity contribution < 1.29 is 9.90 Å². The summed E-state index contributed by atoms with van der Waals surface area (Å²) >= 11 is 7.32. The van der Waals surface area contributed by atoms with Crippen molar-refractivity contribution in [3.05, 3.63) is 83.6 Å². The van der Waals surface area contributed by atoms with E-state index in [2.05, 4.69) is 25.7 Å². The van der Waals surface area contributed by atoms with Gasteiger partial charge in [-0.25, -0.2) is 5.43 Å². The van der Waals surface area contributed by atoms with Crippen LogP contribution in [0.15, 0.2) is 83.3 Å². The number of phenols is 1. The number of phenolic OH excluding ortho intramolecular Hbond substituents is 1. The number of halogens is 1. The molecule has 0 fully saturated rings. The average molecular weight is 493 g/mol. The predicted octanol–water partition coefficient (Wildman–Crippen LogP) is 4.71. The number of hydrogen-bond donors (Lipinski definition) is 2. The molecule has 2 aromatic heterocycles. The standard InChI is InChI=1S/C24H21ClN6O2S/c1-2-21(16-3-9-20(32)10-4-16)27-28-22(33)15-34-24-30-29-23(17-11-13-26-14-12-17)31(24)19-7-5-18(25)6-8-19/h3-14,32H,2,15H2,1H3,(H,28,33)/b27-21+. The van der Waals surface area contributed by atoms with Crippen molar-refractivity contribution in [3.63, 3.8) is 0 Å². The molecule has 2 heterocycles. The van der Waals surface area contributed by atoms with Crippen molar-refractivity contribution in [3.8, 4) is 22.8 Å². The van der Waals surface area contributed by atoms with Gasteiger partial charge in [0.05, 0.1) is 11.5 Å². The number of nitrogens with one attached hydrogen (secondary N) is 1. The minimum Gasteiger partial charge on any atom is -0.508 e. The number of rotatable bonds is 8. The molecule has 172 valence electrons. The lowest BCUT2D eigenvalue weighted by atomic mass is 10.1. The lowest BCUT2D eigenvalue weighted by Crippen LogP contribution is -2.22. The van der Waals surface area contributed by atoms with Crippen molar-refractivity contribution in [2.45, 2.75) is 18.5 Å². The number of pyridine rings is 1. The molecule has 4 aromatic rings. The Hall–Kier alpha value is -3.69. The number of carbonyl (C=O) groups is 1. The maximum absolute atomic E-state index is 12.5. The first-order valence-electron chi connectivity index (χ1n) is 10.4. The molecule has 0 atom stereocenters. The summed E-state index contributed by atoms with van der Waals surface area (Å²) < 4.78 is 1.88. The Morgan fingerprint density at radius 3 is 2.44 bits per heavy atom. The number of hydrazone groups is 1. The Labute approximate surface area is 205 Å². The maximum Gasteiger partial charge on any atom is 0.250 e. The molecular formula is C24H21ClN6O2S. The number of benzene rings is 2. The summed E-state index contributed by atoms with van der Waals surface area (Å²) in [6.45, 7) is 1.95. The number of aromatic nitrogens is 4. The van der Waals surface area contributed by atoms with E-state index in [1.54, 1.807) is 48.8 Å². The number of aromatic hydroxyl groups is 1. The fraction of sp³-hybridized carbons (Fsp3) is 0.125. The van der Waals surface area contributed by atoms with E-state index in [4.69, 9.17) is 11.6 Å². The van der Waals surface area contributed by atoms with E-state index < -0.39 is 0 Å². The van der Waals surface area contributed by atoms with Crippen LogP contribution in [0.1, 0.15) is 18.9 Å². The van der Waals surface area contributed by atoms with Crippen molar-refractivity contribution in [2.75, 3.05) is 5.75 Å². The molecule has 2 aromatic carbocycles. The quantitative estimate of drug-likeness (QED) is 0.209. The van der Waals surface area contributed by atoms with Gasteiger partial charge in [-0.2, -0.15) is 5.10 Å². The van der Waals surface area contributed by atoms with Crippen molar-refractivity contribution in [1.82, 2.24) is 25.2 Å². The Morgan fingerprint density at radius 1 is 1.06 bits per heavy atom. The van der Waals surface area contributed by atoms with E-state index in [1.807, 2.05) is 35.8 Å². The van der Waals surface area contributed by atoms with Gasteiger partial charge in [0, 0.05) is 28.7 Å². The van der Waals surface area contributed by atoms with Crippen LogP contribution >= 0.6 is 23.4 Å². The Balaban J connectivity index is 1.52. The van der Waals surface area contributed by atoms with Crippen molar-refractivity contribution in [1.29, 1.82) is 0 Å². The van der Waals surface area contributed by atoms with Crippen LogP contribution < -0.4 is 5.43 Å². The second-order valence-corrected chi connectivity index (χ2v) is 8.52. The molecule has 0 saturated heterocycles. The molecule has 0 spiro atoms. The summed E-state index contributed by atoms with van der Waals surface area (Å²) in [4.78, 5) is 16.6. The van der Waals surface area contributed by atoms with Gasteiger partial charge in [0.25, 0.3) is 5.91 Å². The number of hydrogen-bond acceptors (Lipinski definition) is 7. The zero-order valence-electron chi connectivity index (χ0n) is 18.2. The summed E-state index contributed by atoms with van der Waals surface area (Å²) in [6, 6.07) is 17.7. The molecule has 10 heteroatoms. The van der Waals surface area contributed by atoms with Gasteiger partial charge in [-0.1, -0.05) is 30.3 Å². The first kappa shape index (κ1) is 23.5. The minimum atomic E-state index is -0.272. The van der Waals surface area contributed by atoms with E-state index >= 15 is 0 Å². The first-order valence-corrected chi connectivity index (χ1v) is 11.8. The average Bonchev–Trinajstić information content (AvgIpc) is 3.29. The molecule has 2 N–H and O–H groups in total. The van der Waals surface area contributed by atoms with E-state index in [-0.39, 0.29) is 17.4 Å². The van der Waals surface area contributed by atoms with Gasteiger partial charge in [0.1, 0.15) is 5.75 Å². The third-order valence-corrected chi connectivity index (χ3v) is 6.02. The number of amides is 1. The number of nitrogens with zero attached hydrogens (tertiary/aromatic N) is 5. The second kappa shape index (κ2) is 11.0. The highest BCUT2D eigenvalue weighted by atomic mass is 35.5. The lowest BCUT2D eigenvalue weighted by molar-refractivity contribution is -0.118. The number of thioether (sulfide) groups is 1. The lowest BCUT2D eigenvalue weighted by Gasteiger charge is -2.10. The Bertz CT molecular complexity index is 1290. The molecule has 0 aliphatic heterocycles. The Kier molecular flexibility index (Phi) is 7.56. The normalized spacial score (nSPS) is 11.4. The van der Waals surface area contributed by atoms with Crippen LogP contribution in [0, 0.1) is 0 Å². The smallest absolute Gasteiger partial charge is 0.250 e. The van der Waals surface area contributed by atoms with E-state index in [9.17, 15) is 9.90 Å². The van der Waals surface area contributed by atoms with Crippen LogP contribution in [-0.2, 0) is 4.79 Å². The van der Waals surface area contributed by atoms with Gasteiger partial charge in [-0.05, 0) is 72.6 Å². The van der Waals surface area contributed by atoms with Crippen LogP contribution in [0.25, 0.3) is 17.1 Å². The topological polar surface area (TPSA) is 105 Å². The minimum absolute atomic E-state index is 0.0954. The highest BCUT2D eigenvalue weighted by molar-refractivity contribution is 7.99. The molecule has 0 unspecified atom stereocenters. The highest BCUT2D eigenvalue weighted by Crippen LogP contribution is 2.28. The van der Waals surface area contributed by atoms with Gasteiger partial charge in [0.15, 0.2) is 11.0 Å². The van der Waals surface area contributed by atoms with Gasteiger partial charge >= 0.3 is 0 Å². The van der Waals surface area contributed by atoms with Gasteiger partial charge in [0.2, 0.25) is 0 Å². The number of carbonyl (C=O) groups excluding carboxylic acids is 1. The maximum atomic E-state index is 12.5. The molecule has 4 rings (SSSR count). The zero-order chi connectivity index (χ0) is 23.9. The molecule has 0 bridgehead atoms. The van der Waals surface area contributed by atoms with Crippen LogP contribution in [-0.4, -0.2) is 42.2 Å². The summed E-state index contributed by atoms with van der Waals surface area (Å²) in [5.41, 5.74) is 5.82. The van der Waals surface area contributed by atoms with E-state index in [0.717, 1.165) is 16.8 Å². The van der Waals surface area contributed by atoms with Crippen LogP contribution in [0.2, 0.25) is 5.02 Å². The van der Waals surface area contributed by atoms with Gasteiger partial charge in [-0.3, -0.25) is 14.3 Å². The predicted molar refractivity (Wildman–Crippen MR) is 133 cm³/mol. The van der Waals surface area contributed by atoms with Gasteiger partial charge in [-0.15, -0.1) is 10.2 Å². The third-order valence-electron chi connectivity index (χ3n) is 4.84. The molecule has 0 saturated carbocycles. The van der Waals surface area contributed by atoms with Crippen LogP contribution in [0.5, 0.6) is 5.75 Å². The largest absolute Gasteiger partial charge is 0.508 e. The summed E-state index contributed by atoms with van der Waals surface area (Å²) in [7, 11) is 0. The third kappa shape index (κ3) is 5.62. The van der Waals surface area contributed by atoms with E-state index in [1.165, 1.54) is 11.8 Å². The molecule has 1 amide bonds. The monoisotopic (exact) mass is 492 g/mol. The summed E-state index contributed by atoms with van der Waals surface area (Å²) in [6.07, 6.45) is 4.00. The SMILES string of the molecule is CC/C(=N\NC(=O)CSc1nnc(-c2ccncc2)n1-c1ccc(Cl)cc1)c1ccc(O)cc1. The summed E-state index contributed by atoms with van der Waals surface area (Å²) in [5.74, 6) is 0.630. The van der Waals surface area contributed by atoms with Crippen LogP contribution in [0.4, 0.5) is 0 Å². The molecule has 0 aliphatic carbocycles. The second-order valence-electron chi connectivity index (χ2n) is 7.14. The van der Waals surface area contributed by atoms with E-state index in [0.29, 0.717) is 28.1 Å². The molecule has 0 aliphatic rings. The van der Waals surface area contributed by atoms with Crippen molar-refractivity contribution >= 4 is 35.0 Å². The summed E-state index contributed by atoms with van der Waals surface area (Å²) in [5, 5.41) is 23.6.